The molecule has 0 aromatic heterocycles. The number of aliphatic hydroxyl groups excluding tert-OH is 2. The summed E-state index contributed by atoms with van der Waals surface area (Å²) >= 11 is 0. The van der Waals surface area contributed by atoms with E-state index in [0.29, 0.717) is 25.9 Å². The van der Waals surface area contributed by atoms with Gasteiger partial charge in [0.25, 0.3) is 0 Å². The first-order chi connectivity index (χ1) is 38.0. The van der Waals surface area contributed by atoms with Crippen molar-refractivity contribution in [3.8, 4) is 0 Å². The van der Waals surface area contributed by atoms with Crippen LogP contribution in [0, 0.1) is 0 Å². The SMILES string of the molecule is CCCCCCCC/C=C\CCCCCCCCCCCC(=O)OCCCCCCCCCCCCCCCCCCCCCCCCCCCCCCCCCCC(=O)NC(CO)C(O)CCCCCCCCCCC. The van der Waals surface area contributed by atoms with Crippen LogP contribution in [0.4, 0.5) is 0 Å². The lowest BCUT2D eigenvalue weighted by Gasteiger charge is -2.22. The third-order valence-corrected chi connectivity index (χ3v) is 16.8. The molecule has 0 bridgehead atoms. The van der Waals surface area contributed by atoms with Gasteiger partial charge in [0, 0.05) is 12.8 Å². The Bertz CT molecular complexity index is 1160. The van der Waals surface area contributed by atoms with Crippen LogP contribution in [-0.4, -0.2) is 47.4 Å². The molecule has 2 unspecified atom stereocenters. The van der Waals surface area contributed by atoms with E-state index in [1.165, 1.54) is 334 Å². The number of amides is 1. The normalized spacial score (nSPS) is 12.5. The van der Waals surface area contributed by atoms with E-state index in [0.717, 1.165) is 38.5 Å². The molecule has 6 nitrogen and oxygen atoms in total. The van der Waals surface area contributed by atoms with Crippen LogP contribution in [0.1, 0.15) is 406 Å². The third kappa shape index (κ3) is 63.6. The summed E-state index contributed by atoms with van der Waals surface area (Å²) in [7, 11) is 0. The smallest absolute Gasteiger partial charge is 0.305 e. The molecule has 1 amide bonds. The van der Waals surface area contributed by atoms with Gasteiger partial charge in [-0.05, 0) is 51.4 Å². The number of esters is 1. The highest BCUT2D eigenvalue weighted by atomic mass is 16.5. The van der Waals surface area contributed by atoms with Gasteiger partial charge in [-0.15, -0.1) is 0 Å². The molecule has 0 saturated carbocycles. The lowest BCUT2D eigenvalue weighted by Crippen LogP contribution is -2.45. The molecule has 6 heteroatoms. The molecule has 0 aliphatic heterocycles. The Morgan fingerprint density at radius 1 is 0.351 bits per heavy atom. The van der Waals surface area contributed by atoms with Gasteiger partial charge in [-0.1, -0.05) is 353 Å². The second kappa shape index (κ2) is 67.1. The topological polar surface area (TPSA) is 95.9 Å². The minimum Gasteiger partial charge on any atom is -0.466 e. The highest BCUT2D eigenvalue weighted by molar-refractivity contribution is 5.76. The van der Waals surface area contributed by atoms with Crippen molar-refractivity contribution in [1.82, 2.24) is 5.32 Å². The maximum Gasteiger partial charge on any atom is 0.305 e. The molecule has 0 saturated heterocycles. The molecule has 3 N–H and O–H groups in total. The lowest BCUT2D eigenvalue weighted by atomic mass is 10.0. The molecule has 0 radical (unpaired) electrons. The van der Waals surface area contributed by atoms with E-state index >= 15 is 0 Å². The molecule has 0 spiro atoms. The molecule has 0 heterocycles. The number of allylic oxidation sites excluding steroid dienone is 2. The van der Waals surface area contributed by atoms with Crippen molar-refractivity contribution < 1.29 is 24.5 Å². The molecule has 458 valence electrons. The Labute approximate surface area is 482 Å². The van der Waals surface area contributed by atoms with Crippen LogP contribution < -0.4 is 5.32 Å². The molecule has 77 heavy (non-hydrogen) atoms. The number of aliphatic hydroxyl groups is 2. The number of nitrogens with one attached hydrogen (secondary N) is 1. The molecule has 0 rings (SSSR count). The first-order valence-electron chi connectivity index (χ1n) is 35.4. The zero-order valence-electron chi connectivity index (χ0n) is 52.5. The fraction of sp³-hybridized carbons (Fsp3) is 0.944. The molecular formula is C71H139NO5. The summed E-state index contributed by atoms with van der Waals surface area (Å²) in [5, 5.41) is 23.1. The second-order valence-corrected chi connectivity index (χ2v) is 24.6. The maximum atomic E-state index is 12.4. The van der Waals surface area contributed by atoms with Crippen LogP contribution in [-0.2, 0) is 14.3 Å². The van der Waals surface area contributed by atoms with Crippen molar-refractivity contribution in [2.24, 2.45) is 0 Å². The number of hydrogen-bond donors (Lipinski definition) is 3. The van der Waals surface area contributed by atoms with E-state index in [9.17, 15) is 19.8 Å². The van der Waals surface area contributed by atoms with E-state index in [2.05, 4.69) is 31.3 Å². The van der Waals surface area contributed by atoms with Gasteiger partial charge in [-0.25, -0.2) is 0 Å². The Kier molecular flexibility index (Phi) is 65.9. The molecule has 0 aliphatic rings. The van der Waals surface area contributed by atoms with E-state index < -0.39 is 12.1 Å². The van der Waals surface area contributed by atoms with Gasteiger partial charge >= 0.3 is 5.97 Å². The van der Waals surface area contributed by atoms with Crippen LogP contribution in [0.3, 0.4) is 0 Å². The van der Waals surface area contributed by atoms with E-state index in [1.807, 2.05) is 0 Å². The number of unbranched alkanes of at least 4 members (excludes halogenated alkanes) is 54. The van der Waals surface area contributed by atoms with Gasteiger partial charge in [0.05, 0.1) is 25.4 Å². The number of carbonyl (C=O) groups is 2. The van der Waals surface area contributed by atoms with E-state index in [-0.39, 0.29) is 18.5 Å². The third-order valence-electron chi connectivity index (χ3n) is 16.8. The molecule has 2 atom stereocenters. The Morgan fingerprint density at radius 2 is 0.610 bits per heavy atom. The molecule has 0 aromatic carbocycles. The minimum atomic E-state index is -0.658. The van der Waals surface area contributed by atoms with E-state index in [1.54, 1.807) is 0 Å². The summed E-state index contributed by atoms with van der Waals surface area (Å²) in [5.74, 6) is -0.00915. The van der Waals surface area contributed by atoms with Crippen LogP contribution in [0.25, 0.3) is 0 Å². The molecule has 0 aliphatic carbocycles. The van der Waals surface area contributed by atoms with Gasteiger partial charge < -0.3 is 20.3 Å². The van der Waals surface area contributed by atoms with Crippen molar-refractivity contribution in [3.63, 3.8) is 0 Å². The Hall–Kier alpha value is -1.40. The number of ether oxygens (including phenoxy) is 1. The summed E-state index contributed by atoms with van der Waals surface area (Å²) in [6.45, 7) is 4.96. The second-order valence-electron chi connectivity index (χ2n) is 24.6. The fourth-order valence-electron chi connectivity index (χ4n) is 11.4. The van der Waals surface area contributed by atoms with Gasteiger partial charge in [0.15, 0.2) is 0 Å². The predicted molar refractivity (Wildman–Crippen MR) is 338 cm³/mol. The summed E-state index contributed by atoms with van der Waals surface area (Å²) < 4.78 is 5.51. The van der Waals surface area contributed by atoms with E-state index in [4.69, 9.17) is 4.74 Å². The zero-order valence-corrected chi connectivity index (χ0v) is 52.5. The highest BCUT2D eigenvalue weighted by Gasteiger charge is 2.20. The average Bonchev–Trinajstić information content (AvgIpc) is 3.43. The van der Waals surface area contributed by atoms with Crippen LogP contribution >= 0.6 is 0 Å². The van der Waals surface area contributed by atoms with Gasteiger partial charge in [-0.3, -0.25) is 9.59 Å². The lowest BCUT2D eigenvalue weighted by molar-refractivity contribution is -0.143. The van der Waals surface area contributed by atoms with Gasteiger partial charge in [0.2, 0.25) is 5.91 Å². The first-order valence-corrected chi connectivity index (χ1v) is 35.4. The Morgan fingerprint density at radius 3 is 0.922 bits per heavy atom. The monoisotopic (exact) mass is 1090 g/mol. The number of rotatable bonds is 67. The quantitative estimate of drug-likeness (QED) is 0.0320. The number of hydrogen-bond acceptors (Lipinski definition) is 5. The predicted octanol–water partition coefficient (Wildman–Crippen LogP) is 22.8. The summed E-state index contributed by atoms with van der Waals surface area (Å²) in [5.41, 5.74) is 0. The first kappa shape index (κ1) is 75.6. The van der Waals surface area contributed by atoms with Crippen LogP contribution in [0.5, 0.6) is 0 Å². The van der Waals surface area contributed by atoms with Gasteiger partial charge in [-0.2, -0.15) is 0 Å². The van der Waals surface area contributed by atoms with Crippen molar-refractivity contribution >= 4 is 11.9 Å². The Balaban J connectivity index is 3.27. The largest absolute Gasteiger partial charge is 0.466 e. The number of carbonyl (C=O) groups excluding carboxylic acids is 2. The fourth-order valence-corrected chi connectivity index (χ4v) is 11.4. The standard InChI is InChI=1S/C71H139NO5/c1-3-5-7-9-11-13-14-15-16-17-32-36-39-42-45-49-53-57-61-65-71(76)77-66-62-58-54-50-46-43-40-37-34-31-29-27-25-23-21-19-18-20-22-24-26-28-30-33-35-38-41-44-48-52-56-60-64-70(75)72-68(67-73)69(74)63-59-55-51-47-12-10-8-6-4-2/h15-16,68-69,73-74H,3-14,17-67H2,1-2H3,(H,72,75)/b16-15-. The average molecular weight is 1090 g/mol. The van der Waals surface area contributed by atoms with Crippen LogP contribution in [0.2, 0.25) is 0 Å². The van der Waals surface area contributed by atoms with Crippen molar-refractivity contribution in [1.29, 1.82) is 0 Å². The molecular weight excluding hydrogens is 947 g/mol. The summed E-state index contributed by atoms with van der Waals surface area (Å²) in [6.07, 6.45) is 82.9. The van der Waals surface area contributed by atoms with Crippen molar-refractivity contribution in [3.05, 3.63) is 12.2 Å². The minimum absolute atomic E-state index is 0.0216. The van der Waals surface area contributed by atoms with Crippen molar-refractivity contribution in [2.75, 3.05) is 13.2 Å². The van der Waals surface area contributed by atoms with Crippen molar-refractivity contribution in [2.45, 2.75) is 418 Å². The molecule has 0 fully saturated rings. The van der Waals surface area contributed by atoms with Crippen LogP contribution in [0.15, 0.2) is 12.2 Å². The summed E-state index contributed by atoms with van der Waals surface area (Å²) in [6, 6.07) is -0.535. The maximum absolute atomic E-state index is 12.4. The van der Waals surface area contributed by atoms with Gasteiger partial charge in [0.1, 0.15) is 0 Å². The molecule has 0 aromatic rings. The highest BCUT2D eigenvalue weighted by Crippen LogP contribution is 2.19. The summed E-state index contributed by atoms with van der Waals surface area (Å²) in [4.78, 5) is 24.5. The zero-order chi connectivity index (χ0) is 55.7.